The number of piperidine rings is 2. The van der Waals surface area contributed by atoms with Gasteiger partial charge in [-0.25, -0.2) is 0 Å². The molecule has 0 aromatic heterocycles. The van der Waals surface area contributed by atoms with Gasteiger partial charge in [-0.15, -0.1) is 0 Å². The third-order valence-electron chi connectivity index (χ3n) is 7.20. The summed E-state index contributed by atoms with van der Waals surface area (Å²) >= 11 is 0. The molecule has 0 atom stereocenters. The van der Waals surface area contributed by atoms with Gasteiger partial charge in [0.1, 0.15) is 0 Å². The maximum absolute atomic E-state index is 12.9. The number of amides is 2. The van der Waals surface area contributed by atoms with Crippen LogP contribution in [0.4, 0.5) is 0 Å². The van der Waals surface area contributed by atoms with Gasteiger partial charge in [0.05, 0.1) is 0 Å². The van der Waals surface area contributed by atoms with Gasteiger partial charge in [-0.3, -0.25) is 14.5 Å². The highest BCUT2D eigenvalue weighted by molar-refractivity contribution is 5.82. The van der Waals surface area contributed by atoms with Gasteiger partial charge in [0, 0.05) is 36.5 Å². The third kappa shape index (κ3) is 5.08. The van der Waals surface area contributed by atoms with Crippen molar-refractivity contribution in [2.45, 2.75) is 90.5 Å². The molecule has 0 aromatic rings. The standard InChI is InChI=1S/C23H41N3O2/c1-22(2,3)21(28)25-16-10-19(11-17-25)20(27)24-18-23(12-6-4-7-13-23)26-14-8-5-9-15-26/h19H,4-18H2,1-3H3,(H,24,27). The second-order valence-electron chi connectivity index (χ2n) is 10.4. The van der Waals surface area contributed by atoms with Crippen LogP contribution in [0, 0.1) is 11.3 Å². The van der Waals surface area contributed by atoms with Crippen molar-refractivity contribution in [1.82, 2.24) is 15.1 Å². The number of carbonyl (C=O) groups is 2. The Labute approximate surface area is 171 Å². The summed E-state index contributed by atoms with van der Waals surface area (Å²) in [5.41, 5.74) is -0.145. The molecule has 2 heterocycles. The molecule has 0 radical (unpaired) electrons. The molecule has 3 fully saturated rings. The number of likely N-dealkylation sites (tertiary alicyclic amines) is 2. The van der Waals surface area contributed by atoms with Crippen molar-refractivity contribution in [3.8, 4) is 0 Å². The molecule has 2 aliphatic heterocycles. The maximum atomic E-state index is 12.9. The Hall–Kier alpha value is -1.10. The second-order valence-corrected chi connectivity index (χ2v) is 10.4. The summed E-state index contributed by atoms with van der Waals surface area (Å²) in [7, 11) is 0. The van der Waals surface area contributed by atoms with Crippen molar-refractivity contribution in [3.63, 3.8) is 0 Å². The largest absolute Gasteiger partial charge is 0.354 e. The topological polar surface area (TPSA) is 52.7 Å². The molecule has 3 aliphatic rings. The molecule has 1 N–H and O–H groups in total. The first kappa shape index (κ1) is 21.6. The van der Waals surface area contributed by atoms with Crippen molar-refractivity contribution < 1.29 is 9.59 Å². The minimum atomic E-state index is -0.336. The SMILES string of the molecule is CC(C)(C)C(=O)N1CCC(C(=O)NCC2(N3CCCCC3)CCCCC2)CC1. The Morgan fingerprint density at radius 3 is 2.04 bits per heavy atom. The zero-order valence-corrected chi connectivity index (χ0v) is 18.4. The smallest absolute Gasteiger partial charge is 0.227 e. The number of carbonyl (C=O) groups excluding carboxylic acids is 2. The van der Waals surface area contributed by atoms with Crippen LogP contribution in [-0.2, 0) is 9.59 Å². The minimum Gasteiger partial charge on any atom is -0.354 e. The van der Waals surface area contributed by atoms with E-state index >= 15 is 0 Å². The number of rotatable bonds is 4. The Balaban J connectivity index is 1.52. The van der Waals surface area contributed by atoms with Crippen LogP contribution in [0.25, 0.3) is 0 Å². The molecule has 28 heavy (non-hydrogen) atoms. The molecule has 160 valence electrons. The van der Waals surface area contributed by atoms with E-state index in [0.717, 1.165) is 19.4 Å². The molecule has 0 unspecified atom stereocenters. The van der Waals surface area contributed by atoms with Crippen molar-refractivity contribution in [2.24, 2.45) is 11.3 Å². The first-order chi connectivity index (χ1) is 13.3. The summed E-state index contributed by atoms with van der Waals surface area (Å²) in [4.78, 5) is 30.0. The lowest BCUT2D eigenvalue weighted by Crippen LogP contribution is -2.58. The van der Waals surface area contributed by atoms with Crippen LogP contribution in [0.5, 0.6) is 0 Å². The van der Waals surface area contributed by atoms with Crippen LogP contribution >= 0.6 is 0 Å². The third-order valence-corrected chi connectivity index (χ3v) is 7.20. The zero-order chi connectivity index (χ0) is 20.2. The van der Waals surface area contributed by atoms with E-state index in [4.69, 9.17) is 0 Å². The van der Waals surface area contributed by atoms with Gasteiger partial charge in [-0.05, 0) is 51.6 Å². The van der Waals surface area contributed by atoms with Gasteiger partial charge < -0.3 is 10.2 Å². The molecule has 0 bridgehead atoms. The molecule has 2 amide bonds. The minimum absolute atomic E-state index is 0.0611. The van der Waals surface area contributed by atoms with Crippen molar-refractivity contribution >= 4 is 11.8 Å². The van der Waals surface area contributed by atoms with Gasteiger partial charge in [-0.2, -0.15) is 0 Å². The van der Waals surface area contributed by atoms with E-state index in [0.29, 0.717) is 13.1 Å². The van der Waals surface area contributed by atoms with Crippen LogP contribution in [0.1, 0.15) is 85.0 Å². The van der Waals surface area contributed by atoms with E-state index in [1.165, 1.54) is 64.5 Å². The molecule has 0 aromatic carbocycles. The molecule has 1 saturated carbocycles. The monoisotopic (exact) mass is 391 g/mol. The van der Waals surface area contributed by atoms with Crippen LogP contribution in [0.15, 0.2) is 0 Å². The first-order valence-electron chi connectivity index (χ1n) is 11.6. The lowest BCUT2D eigenvalue weighted by Gasteiger charge is -2.48. The highest BCUT2D eigenvalue weighted by Gasteiger charge is 2.39. The van der Waals surface area contributed by atoms with E-state index < -0.39 is 0 Å². The number of hydrogen-bond donors (Lipinski definition) is 1. The summed E-state index contributed by atoms with van der Waals surface area (Å²) in [5, 5.41) is 3.35. The van der Waals surface area contributed by atoms with E-state index in [2.05, 4.69) is 10.2 Å². The summed E-state index contributed by atoms with van der Waals surface area (Å²) in [6.45, 7) is 10.5. The zero-order valence-electron chi connectivity index (χ0n) is 18.4. The van der Waals surface area contributed by atoms with Crippen molar-refractivity contribution in [2.75, 3.05) is 32.7 Å². The fourth-order valence-electron chi connectivity index (χ4n) is 5.40. The Bertz CT molecular complexity index is 535. The summed E-state index contributed by atoms with van der Waals surface area (Å²) < 4.78 is 0. The molecule has 0 spiro atoms. The Morgan fingerprint density at radius 2 is 1.46 bits per heavy atom. The first-order valence-corrected chi connectivity index (χ1v) is 11.6. The molecular formula is C23H41N3O2. The summed E-state index contributed by atoms with van der Waals surface area (Å²) in [6, 6.07) is 0. The van der Waals surface area contributed by atoms with Crippen LogP contribution in [-0.4, -0.2) is 59.9 Å². The normalized spacial score (nSPS) is 24.8. The molecule has 5 nitrogen and oxygen atoms in total. The van der Waals surface area contributed by atoms with E-state index in [1.807, 2.05) is 25.7 Å². The van der Waals surface area contributed by atoms with Gasteiger partial charge in [0.2, 0.25) is 11.8 Å². The average molecular weight is 392 g/mol. The second kappa shape index (κ2) is 9.15. The Kier molecular flexibility index (Phi) is 7.06. The lowest BCUT2D eigenvalue weighted by atomic mass is 9.79. The predicted molar refractivity (Wildman–Crippen MR) is 113 cm³/mol. The lowest BCUT2D eigenvalue weighted by molar-refractivity contribution is -0.142. The molecule has 3 rings (SSSR count). The summed E-state index contributed by atoms with van der Waals surface area (Å²) in [5.74, 6) is 0.480. The van der Waals surface area contributed by atoms with E-state index in [-0.39, 0.29) is 28.7 Å². The molecule has 2 saturated heterocycles. The quantitative estimate of drug-likeness (QED) is 0.797. The molecule has 1 aliphatic carbocycles. The highest BCUT2D eigenvalue weighted by Crippen LogP contribution is 2.35. The number of hydrogen-bond acceptors (Lipinski definition) is 3. The number of nitrogens with zero attached hydrogens (tertiary/aromatic N) is 2. The van der Waals surface area contributed by atoms with E-state index in [1.54, 1.807) is 0 Å². The van der Waals surface area contributed by atoms with Crippen molar-refractivity contribution in [3.05, 3.63) is 0 Å². The van der Waals surface area contributed by atoms with Gasteiger partial charge in [0.25, 0.3) is 0 Å². The fourth-order valence-corrected chi connectivity index (χ4v) is 5.40. The predicted octanol–water partition coefficient (Wildman–Crippen LogP) is 3.58. The van der Waals surface area contributed by atoms with Gasteiger partial charge >= 0.3 is 0 Å². The molecule has 5 heteroatoms. The van der Waals surface area contributed by atoms with Gasteiger partial charge in [-0.1, -0.05) is 46.5 Å². The highest BCUT2D eigenvalue weighted by atomic mass is 16.2. The van der Waals surface area contributed by atoms with Crippen LogP contribution in [0.3, 0.4) is 0 Å². The van der Waals surface area contributed by atoms with Crippen LogP contribution in [0.2, 0.25) is 0 Å². The van der Waals surface area contributed by atoms with Crippen LogP contribution < -0.4 is 5.32 Å². The Morgan fingerprint density at radius 1 is 0.893 bits per heavy atom. The van der Waals surface area contributed by atoms with E-state index in [9.17, 15) is 9.59 Å². The number of nitrogens with one attached hydrogen (secondary N) is 1. The maximum Gasteiger partial charge on any atom is 0.227 e. The summed E-state index contributed by atoms with van der Waals surface area (Å²) in [6.07, 6.45) is 11.9. The van der Waals surface area contributed by atoms with Crippen molar-refractivity contribution in [1.29, 1.82) is 0 Å². The molecular weight excluding hydrogens is 350 g/mol. The fraction of sp³-hybridized carbons (Fsp3) is 0.913. The van der Waals surface area contributed by atoms with Gasteiger partial charge in [0.15, 0.2) is 0 Å². The average Bonchev–Trinajstić information content (AvgIpc) is 2.72.